The monoisotopic (exact) mass is 250 g/mol. The largest absolute Gasteiger partial charge is 0.466 e. The summed E-state index contributed by atoms with van der Waals surface area (Å²) in [6.45, 7) is 2.24. The minimum absolute atomic E-state index is 0.0345. The topological polar surface area (TPSA) is 46.5 Å². The fourth-order valence-corrected chi connectivity index (χ4v) is 2.29. The Morgan fingerprint density at radius 3 is 2.85 bits per heavy atom. The van der Waals surface area contributed by atoms with Gasteiger partial charge in [0.25, 0.3) is 0 Å². The van der Waals surface area contributed by atoms with Crippen LogP contribution in [0.4, 0.5) is 0 Å². The van der Waals surface area contributed by atoms with Crippen LogP contribution in [-0.2, 0) is 9.53 Å². The number of carbonyl (C=O) groups excluding carboxylic acids is 1. The molecule has 76 valence electrons. The Morgan fingerprint density at radius 2 is 2.31 bits per heavy atom. The lowest BCUT2D eigenvalue weighted by Crippen LogP contribution is -2.33. The predicted octanol–water partition coefficient (Wildman–Crippen LogP) is 1.47. The maximum atomic E-state index is 11.3. The highest BCUT2D eigenvalue weighted by molar-refractivity contribution is 9.09. The van der Waals surface area contributed by atoms with Gasteiger partial charge in [-0.15, -0.1) is 0 Å². The molecule has 0 aromatic carbocycles. The molecular weight excluding hydrogens is 236 g/mol. The number of halogens is 1. The Labute approximate surface area is 86.6 Å². The summed E-state index contributed by atoms with van der Waals surface area (Å²) in [5, 5.41) is 9.41. The summed E-state index contributed by atoms with van der Waals surface area (Å²) in [5.74, 6) is -0.161. The Hall–Kier alpha value is -0.0900. The number of aliphatic hydroxyl groups is 1. The molecule has 0 aromatic heterocycles. The molecule has 0 aromatic rings. The second-order valence-electron chi connectivity index (χ2n) is 3.35. The van der Waals surface area contributed by atoms with Crippen molar-refractivity contribution in [3.63, 3.8) is 0 Å². The lowest BCUT2D eigenvalue weighted by atomic mass is 9.87. The normalized spacial score (nSPS) is 34.2. The van der Waals surface area contributed by atoms with Gasteiger partial charge in [0.15, 0.2) is 0 Å². The van der Waals surface area contributed by atoms with Gasteiger partial charge in [-0.3, -0.25) is 4.79 Å². The third-order valence-electron chi connectivity index (χ3n) is 2.36. The van der Waals surface area contributed by atoms with Crippen molar-refractivity contribution in [2.24, 2.45) is 5.92 Å². The summed E-state index contributed by atoms with van der Waals surface area (Å²) in [4.78, 5) is 11.4. The van der Waals surface area contributed by atoms with Crippen molar-refractivity contribution in [2.45, 2.75) is 37.1 Å². The molecule has 3 atom stereocenters. The second kappa shape index (κ2) is 4.96. The molecule has 1 aliphatic carbocycles. The van der Waals surface area contributed by atoms with Gasteiger partial charge in [-0.2, -0.15) is 0 Å². The van der Waals surface area contributed by atoms with E-state index in [0.29, 0.717) is 19.4 Å². The third kappa shape index (κ3) is 2.95. The molecule has 1 rings (SSSR count). The molecule has 0 bridgehead atoms. The van der Waals surface area contributed by atoms with Gasteiger partial charge in [0.1, 0.15) is 0 Å². The van der Waals surface area contributed by atoms with E-state index in [1.54, 1.807) is 6.92 Å². The molecule has 3 nitrogen and oxygen atoms in total. The minimum Gasteiger partial charge on any atom is -0.466 e. The summed E-state index contributed by atoms with van der Waals surface area (Å²) >= 11 is 3.36. The quantitative estimate of drug-likeness (QED) is 0.597. The van der Waals surface area contributed by atoms with Gasteiger partial charge in [-0.25, -0.2) is 0 Å². The van der Waals surface area contributed by atoms with Gasteiger partial charge in [0.05, 0.1) is 18.6 Å². The molecule has 1 saturated carbocycles. The van der Waals surface area contributed by atoms with Crippen LogP contribution in [-0.4, -0.2) is 28.6 Å². The van der Waals surface area contributed by atoms with Crippen molar-refractivity contribution in [1.29, 1.82) is 0 Å². The van der Waals surface area contributed by atoms with E-state index in [9.17, 15) is 9.90 Å². The first-order valence-electron chi connectivity index (χ1n) is 4.64. The first-order chi connectivity index (χ1) is 6.15. The van der Waals surface area contributed by atoms with Crippen molar-refractivity contribution < 1.29 is 14.6 Å². The molecule has 0 amide bonds. The fraction of sp³-hybridized carbons (Fsp3) is 0.889. The summed E-state index contributed by atoms with van der Waals surface area (Å²) in [6, 6.07) is 0. The molecule has 0 aliphatic heterocycles. The molecule has 0 spiro atoms. The average Bonchev–Trinajstić information content (AvgIpc) is 2.10. The average molecular weight is 251 g/mol. The minimum atomic E-state index is -0.314. The van der Waals surface area contributed by atoms with E-state index in [1.807, 2.05) is 0 Å². The van der Waals surface area contributed by atoms with Crippen LogP contribution < -0.4 is 0 Å². The third-order valence-corrected chi connectivity index (χ3v) is 3.34. The van der Waals surface area contributed by atoms with Crippen molar-refractivity contribution >= 4 is 21.9 Å². The first-order valence-corrected chi connectivity index (χ1v) is 5.55. The molecule has 1 aliphatic rings. The highest BCUT2D eigenvalue weighted by Gasteiger charge is 2.31. The molecular formula is C9H15BrO3. The Balaban J connectivity index is 2.40. The predicted molar refractivity (Wildman–Crippen MR) is 52.7 cm³/mol. The van der Waals surface area contributed by atoms with Crippen molar-refractivity contribution in [3.05, 3.63) is 0 Å². The van der Waals surface area contributed by atoms with Gasteiger partial charge in [-0.05, 0) is 26.2 Å². The van der Waals surface area contributed by atoms with Gasteiger partial charge >= 0.3 is 5.97 Å². The zero-order valence-electron chi connectivity index (χ0n) is 7.70. The van der Waals surface area contributed by atoms with Gasteiger partial charge < -0.3 is 9.84 Å². The fourth-order valence-electron chi connectivity index (χ4n) is 1.57. The first kappa shape index (κ1) is 11.0. The van der Waals surface area contributed by atoms with Gasteiger partial charge in [-0.1, -0.05) is 15.9 Å². The number of alkyl halides is 1. The summed E-state index contributed by atoms with van der Waals surface area (Å²) in [5.41, 5.74) is 0. The number of carbonyl (C=O) groups is 1. The Bertz CT molecular complexity index is 184. The second-order valence-corrected chi connectivity index (χ2v) is 4.52. The number of hydrogen-bond donors (Lipinski definition) is 1. The van der Waals surface area contributed by atoms with Crippen LogP contribution in [0, 0.1) is 5.92 Å². The molecule has 3 unspecified atom stereocenters. The molecule has 0 radical (unpaired) electrons. The van der Waals surface area contributed by atoms with Crippen LogP contribution in [0.3, 0.4) is 0 Å². The summed E-state index contributed by atoms with van der Waals surface area (Å²) < 4.78 is 4.92. The van der Waals surface area contributed by atoms with Crippen LogP contribution in [0.15, 0.2) is 0 Å². The number of ether oxygens (including phenoxy) is 1. The SMILES string of the molecule is CCOC(=O)C1CCC(O)C(Br)C1. The Morgan fingerprint density at radius 1 is 1.62 bits per heavy atom. The molecule has 13 heavy (non-hydrogen) atoms. The lowest BCUT2D eigenvalue weighted by Gasteiger charge is -2.28. The van der Waals surface area contributed by atoms with E-state index in [4.69, 9.17) is 4.74 Å². The standard InChI is InChI=1S/C9H15BrO3/c1-2-13-9(12)6-3-4-8(11)7(10)5-6/h6-8,11H,2-5H2,1H3. The smallest absolute Gasteiger partial charge is 0.308 e. The van der Waals surface area contributed by atoms with Crippen LogP contribution in [0.5, 0.6) is 0 Å². The van der Waals surface area contributed by atoms with E-state index in [2.05, 4.69) is 15.9 Å². The van der Waals surface area contributed by atoms with E-state index in [-0.39, 0.29) is 22.8 Å². The molecule has 1 fully saturated rings. The van der Waals surface area contributed by atoms with Crippen LogP contribution in [0.25, 0.3) is 0 Å². The zero-order chi connectivity index (χ0) is 9.84. The highest BCUT2D eigenvalue weighted by Crippen LogP contribution is 2.30. The number of esters is 1. The van der Waals surface area contributed by atoms with Crippen LogP contribution in [0.2, 0.25) is 0 Å². The van der Waals surface area contributed by atoms with Crippen molar-refractivity contribution in [3.8, 4) is 0 Å². The molecule has 0 heterocycles. The molecule has 1 N–H and O–H groups in total. The number of hydrogen-bond acceptors (Lipinski definition) is 3. The van der Waals surface area contributed by atoms with E-state index in [1.165, 1.54) is 0 Å². The summed E-state index contributed by atoms with van der Waals surface area (Å²) in [7, 11) is 0. The Kier molecular flexibility index (Phi) is 4.19. The molecule has 0 saturated heterocycles. The van der Waals surface area contributed by atoms with E-state index >= 15 is 0 Å². The maximum Gasteiger partial charge on any atom is 0.308 e. The van der Waals surface area contributed by atoms with Crippen molar-refractivity contribution in [1.82, 2.24) is 0 Å². The molecule has 4 heteroatoms. The van der Waals surface area contributed by atoms with Crippen LogP contribution in [0.1, 0.15) is 26.2 Å². The lowest BCUT2D eigenvalue weighted by molar-refractivity contribution is -0.149. The van der Waals surface area contributed by atoms with E-state index in [0.717, 1.165) is 6.42 Å². The van der Waals surface area contributed by atoms with Crippen LogP contribution >= 0.6 is 15.9 Å². The number of aliphatic hydroxyl groups excluding tert-OH is 1. The van der Waals surface area contributed by atoms with Gasteiger partial charge in [0, 0.05) is 4.83 Å². The van der Waals surface area contributed by atoms with E-state index < -0.39 is 0 Å². The summed E-state index contributed by atoms with van der Waals surface area (Å²) in [6.07, 6.45) is 1.78. The van der Waals surface area contributed by atoms with Crippen molar-refractivity contribution in [2.75, 3.05) is 6.61 Å². The maximum absolute atomic E-state index is 11.3. The highest BCUT2D eigenvalue weighted by atomic mass is 79.9. The number of rotatable bonds is 2. The van der Waals surface area contributed by atoms with Gasteiger partial charge in [0.2, 0.25) is 0 Å². The zero-order valence-corrected chi connectivity index (χ0v) is 9.29.